The first-order valence-electron chi connectivity index (χ1n) is 10.1. The van der Waals surface area contributed by atoms with Crippen molar-refractivity contribution in [3.05, 3.63) is 24.3 Å². The van der Waals surface area contributed by atoms with Crippen LogP contribution in [0.5, 0.6) is 11.5 Å². The molecule has 1 aliphatic heterocycles. The predicted octanol–water partition coefficient (Wildman–Crippen LogP) is 3.37. The van der Waals surface area contributed by atoms with Crippen molar-refractivity contribution in [1.82, 2.24) is 15.5 Å². The second kappa shape index (κ2) is 13.9. The molecule has 7 heteroatoms. The lowest BCUT2D eigenvalue weighted by molar-refractivity contribution is 0.187. The molecule has 0 spiro atoms. The van der Waals surface area contributed by atoms with E-state index in [-0.39, 0.29) is 30.1 Å². The van der Waals surface area contributed by atoms with Crippen LogP contribution in [0.2, 0.25) is 0 Å². The SMILES string of the molecule is CCN1CCC(CCNC(=NC)NCC(C)Oc2ccccc2OC)CC1.I. The standard InChI is InChI=1S/C21H36N4O2.HI/c1-5-25-14-11-18(12-15-25)10-13-23-21(22-3)24-16-17(2)27-20-9-7-6-8-19(20)26-4;/h6-9,17-18H,5,10-16H2,1-4H3,(H2,22,23,24);1H. The van der Waals surface area contributed by atoms with Gasteiger partial charge in [0.05, 0.1) is 13.7 Å². The van der Waals surface area contributed by atoms with E-state index in [4.69, 9.17) is 9.47 Å². The van der Waals surface area contributed by atoms with Gasteiger partial charge in [0.15, 0.2) is 17.5 Å². The number of ether oxygens (including phenoxy) is 2. The number of benzene rings is 1. The second-order valence-electron chi connectivity index (χ2n) is 7.13. The molecular formula is C21H37IN4O2. The van der Waals surface area contributed by atoms with Gasteiger partial charge in [0.1, 0.15) is 6.10 Å². The zero-order valence-electron chi connectivity index (χ0n) is 17.7. The third-order valence-corrected chi connectivity index (χ3v) is 5.18. The fraction of sp³-hybridized carbons (Fsp3) is 0.667. The number of methoxy groups -OCH3 is 1. The molecule has 0 saturated carbocycles. The van der Waals surface area contributed by atoms with Crippen molar-refractivity contribution >= 4 is 29.9 Å². The van der Waals surface area contributed by atoms with E-state index in [1.807, 2.05) is 31.2 Å². The van der Waals surface area contributed by atoms with Crippen LogP contribution in [0, 0.1) is 5.92 Å². The molecule has 1 aromatic rings. The molecule has 0 aromatic heterocycles. The first kappa shape index (κ1) is 24.8. The van der Waals surface area contributed by atoms with Gasteiger partial charge in [0, 0.05) is 13.6 Å². The zero-order valence-corrected chi connectivity index (χ0v) is 20.1. The first-order valence-corrected chi connectivity index (χ1v) is 10.1. The maximum Gasteiger partial charge on any atom is 0.191 e. The van der Waals surface area contributed by atoms with Gasteiger partial charge in [0.25, 0.3) is 0 Å². The van der Waals surface area contributed by atoms with Crippen molar-refractivity contribution in [3.8, 4) is 11.5 Å². The van der Waals surface area contributed by atoms with Crippen LogP contribution in [0.4, 0.5) is 0 Å². The monoisotopic (exact) mass is 504 g/mol. The van der Waals surface area contributed by atoms with Gasteiger partial charge in [-0.15, -0.1) is 24.0 Å². The average Bonchev–Trinajstić information content (AvgIpc) is 2.71. The van der Waals surface area contributed by atoms with Gasteiger partial charge in [-0.1, -0.05) is 19.1 Å². The summed E-state index contributed by atoms with van der Waals surface area (Å²) in [6.45, 7) is 9.57. The number of para-hydroxylation sites is 2. The number of piperidine rings is 1. The largest absolute Gasteiger partial charge is 0.493 e. The van der Waals surface area contributed by atoms with Crippen molar-refractivity contribution in [3.63, 3.8) is 0 Å². The Labute approximate surface area is 187 Å². The molecule has 0 aliphatic carbocycles. The van der Waals surface area contributed by atoms with Crippen LogP contribution in [-0.4, -0.2) is 63.8 Å². The number of nitrogens with zero attached hydrogens (tertiary/aromatic N) is 2. The summed E-state index contributed by atoms with van der Waals surface area (Å²) in [4.78, 5) is 6.85. The van der Waals surface area contributed by atoms with E-state index < -0.39 is 0 Å². The first-order chi connectivity index (χ1) is 13.2. The molecule has 1 saturated heterocycles. The van der Waals surface area contributed by atoms with Crippen LogP contribution in [0.1, 0.15) is 33.1 Å². The molecule has 1 aliphatic rings. The van der Waals surface area contributed by atoms with Gasteiger partial charge in [-0.05, 0) is 63.9 Å². The molecule has 0 radical (unpaired) electrons. The molecule has 1 fully saturated rings. The highest BCUT2D eigenvalue weighted by Gasteiger charge is 2.17. The van der Waals surface area contributed by atoms with Gasteiger partial charge in [-0.3, -0.25) is 4.99 Å². The summed E-state index contributed by atoms with van der Waals surface area (Å²) in [6, 6.07) is 7.71. The molecule has 2 N–H and O–H groups in total. The Hall–Kier alpha value is -1.22. The Morgan fingerprint density at radius 2 is 1.89 bits per heavy atom. The van der Waals surface area contributed by atoms with Crippen molar-refractivity contribution in [1.29, 1.82) is 0 Å². The summed E-state index contributed by atoms with van der Waals surface area (Å²) in [5.74, 6) is 3.17. The van der Waals surface area contributed by atoms with Gasteiger partial charge in [-0.25, -0.2) is 0 Å². The van der Waals surface area contributed by atoms with Crippen LogP contribution in [0.25, 0.3) is 0 Å². The van der Waals surface area contributed by atoms with Crippen LogP contribution in [0.15, 0.2) is 29.3 Å². The normalized spacial score (nSPS) is 16.8. The Morgan fingerprint density at radius 3 is 2.50 bits per heavy atom. The lowest BCUT2D eigenvalue weighted by Crippen LogP contribution is -2.42. The lowest BCUT2D eigenvalue weighted by Gasteiger charge is -2.31. The number of nitrogens with one attached hydrogen (secondary N) is 2. The van der Waals surface area contributed by atoms with Crippen molar-refractivity contribution in [2.75, 3.05) is 46.9 Å². The number of hydrogen-bond acceptors (Lipinski definition) is 4. The molecule has 2 rings (SSSR count). The molecule has 1 unspecified atom stereocenters. The van der Waals surface area contributed by atoms with E-state index in [9.17, 15) is 0 Å². The second-order valence-corrected chi connectivity index (χ2v) is 7.13. The lowest BCUT2D eigenvalue weighted by atomic mass is 9.93. The molecule has 1 atom stereocenters. The average molecular weight is 504 g/mol. The number of rotatable bonds is 9. The molecule has 28 heavy (non-hydrogen) atoms. The van der Waals surface area contributed by atoms with Gasteiger partial charge >= 0.3 is 0 Å². The van der Waals surface area contributed by atoms with Gasteiger partial charge in [0.2, 0.25) is 0 Å². The van der Waals surface area contributed by atoms with Crippen LogP contribution < -0.4 is 20.1 Å². The number of halogens is 1. The topological polar surface area (TPSA) is 58.1 Å². The predicted molar refractivity (Wildman–Crippen MR) is 127 cm³/mol. The molecule has 160 valence electrons. The van der Waals surface area contributed by atoms with E-state index in [0.29, 0.717) is 6.54 Å². The van der Waals surface area contributed by atoms with E-state index >= 15 is 0 Å². The number of hydrogen-bond donors (Lipinski definition) is 2. The summed E-state index contributed by atoms with van der Waals surface area (Å²) in [6.07, 6.45) is 3.82. The molecule has 0 amide bonds. The molecular weight excluding hydrogens is 467 g/mol. The summed E-state index contributed by atoms with van der Waals surface area (Å²) in [5.41, 5.74) is 0. The Bertz CT molecular complexity index is 577. The number of likely N-dealkylation sites (tertiary alicyclic amines) is 1. The minimum absolute atomic E-state index is 0. The summed E-state index contributed by atoms with van der Waals surface area (Å²) < 4.78 is 11.3. The number of aliphatic imine (C=N–C) groups is 1. The van der Waals surface area contributed by atoms with Crippen molar-refractivity contribution < 1.29 is 9.47 Å². The molecule has 6 nitrogen and oxygen atoms in total. The molecule has 0 bridgehead atoms. The van der Waals surface area contributed by atoms with Crippen LogP contribution in [-0.2, 0) is 0 Å². The van der Waals surface area contributed by atoms with E-state index in [2.05, 4.69) is 27.4 Å². The highest BCUT2D eigenvalue weighted by Crippen LogP contribution is 2.26. The van der Waals surface area contributed by atoms with Gasteiger partial charge in [-0.2, -0.15) is 0 Å². The van der Waals surface area contributed by atoms with Crippen molar-refractivity contribution in [2.45, 2.75) is 39.2 Å². The van der Waals surface area contributed by atoms with Crippen LogP contribution >= 0.6 is 24.0 Å². The Balaban J connectivity index is 0.00000392. The smallest absolute Gasteiger partial charge is 0.191 e. The Morgan fingerprint density at radius 1 is 1.21 bits per heavy atom. The molecule has 1 heterocycles. The third kappa shape index (κ3) is 8.43. The Kier molecular flexibility index (Phi) is 12.3. The minimum atomic E-state index is -0.00165. The maximum atomic E-state index is 5.98. The van der Waals surface area contributed by atoms with Crippen LogP contribution in [0.3, 0.4) is 0 Å². The van der Waals surface area contributed by atoms with Gasteiger partial charge < -0.3 is 25.0 Å². The van der Waals surface area contributed by atoms with Crippen molar-refractivity contribution in [2.24, 2.45) is 10.9 Å². The van der Waals surface area contributed by atoms with E-state index in [1.165, 1.54) is 38.9 Å². The van der Waals surface area contributed by atoms with E-state index in [1.54, 1.807) is 14.2 Å². The highest BCUT2D eigenvalue weighted by atomic mass is 127. The summed E-state index contributed by atoms with van der Waals surface area (Å²) >= 11 is 0. The maximum absolute atomic E-state index is 5.98. The summed E-state index contributed by atoms with van der Waals surface area (Å²) in [7, 11) is 3.46. The summed E-state index contributed by atoms with van der Waals surface area (Å²) in [5, 5.41) is 6.77. The number of guanidine groups is 1. The fourth-order valence-electron chi connectivity index (χ4n) is 3.42. The third-order valence-electron chi connectivity index (χ3n) is 5.18. The molecule has 1 aromatic carbocycles. The highest BCUT2D eigenvalue weighted by molar-refractivity contribution is 14.0. The minimum Gasteiger partial charge on any atom is -0.493 e. The fourth-order valence-corrected chi connectivity index (χ4v) is 3.42. The quantitative estimate of drug-likeness (QED) is 0.307. The zero-order chi connectivity index (χ0) is 19.5. The van der Waals surface area contributed by atoms with E-state index in [0.717, 1.165) is 29.9 Å².